The van der Waals surface area contributed by atoms with Crippen LogP contribution >= 0.6 is 0 Å². The Morgan fingerprint density at radius 2 is 2.00 bits per heavy atom. The Bertz CT molecular complexity index is 676. The van der Waals surface area contributed by atoms with Crippen molar-refractivity contribution in [3.63, 3.8) is 0 Å². The fourth-order valence-corrected chi connectivity index (χ4v) is 3.50. The van der Waals surface area contributed by atoms with Gasteiger partial charge in [0, 0.05) is 6.42 Å². The molecule has 7 heteroatoms. The van der Waals surface area contributed by atoms with Crippen molar-refractivity contribution in [2.75, 3.05) is 13.2 Å². The summed E-state index contributed by atoms with van der Waals surface area (Å²) in [6, 6.07) is 9.27. The van der Waals surface area contributed by atoms with E-state index in [0.29, 0.717) is 13.0 Å². The van der Waals surface area contributed by atoms with Gasteiger partial charge in [0.25, 0.3) is 0 Å². The molecule has 0 bridgehead atoms. The molecule has 2 aliphatic rings. The van der Waals surface area contributed by atoms with Crippen molar-refractivity contribution < 1.29 is 28.9 Å². The Balaban J connectivity index is 1.62. The van der Waals surface area contributed by atoms with Crippen LogP contribution < -0.4 is 0 Å². The van der Waals surface area contributed by atoms with Gasteiger partial charge in [-0.25, -0.2) is 9.69 Å². The molecule has 2 amide bonds. The second-order valence-corrected chi connectivity index (χ2v) is 7.67. The van der Waals surface area contributed by atoms with Crippen molar-refractivity contribution in [2.24, 2.45) is 5.92 Å². The van der Waals surface area contributed by atoms with Crippen LogP contribution in [-0.4, -0.2) is 59.3 Å². The predicted molar refractivity (Wildman–Crippen MR) is 96.8 cm³/mol. The van der Waals surface area contributed by atoms with E-state index in [4.69, 9.17) is 14.2 Å². The quantitative estimate of drug-likeness (QED) is 0.817. The van der Waals surface area contributed by atoms with Gasteiger partial charge in [-0.1, -0.05) is 37.3 Å². The number of hydrogen-bond acceptors (Lipinski definition) is 6. The van der Waals surface area contributed by atoms with Gasteiger partial charge in [0.2, 0.25) is 5.91 Å². The number of hydrogen-bond donors (Lipinski definition) is 1. The van der Waals surface area contributed by atoms with Crippen molar-refractivity contribution in [3.8, 4) is 0 Å². The molecular formula is C20H27NO6. The first-order valence-corrected chi connectivity index (χ1v) is 9.30. The van der Waals surface area contributed by atoms with Gasteiger partial charge in [-0.15, -0.1) is 0 Å². The standard InChI is InChI=1S/C20H27NO6/c1-13(17(22)10-16-12-26-20(2,3)27-16)18(23)21-15(11-25-19(21)24)9-14-7-5-4-6-8-14/h4-8,13,15-17,22H,9-12H2,1-3H3/t13-,15-,16?,17+/m1/s1. The number of imide groups is 1. The number of cyclic esters (lactones) is 1. The molecule has 1 aromatic rings. The van der Waals surface area contributed by atoms with E-state index in [1.54, 1.807) is 6.92 Å². The van der Waals surface area contributed by atoms with E-state index in [1.165, 1.54) is 0 Å². The van der Waals surface area contributed by atoms with E-state index in [9.17, 15) is 14.7 Å². The van der Waals surface area contributed by atoms with Crippen LogP contribution in [0.5, 0.6) is 0 Å². The highest BCUT2D eigenvalue weighted by atomic mass is 16.7. The maximum absolute atomic E-state index is 12.9. The van der Waals surface area contributed by atoms with Crippen molar-refractivity contribution in [1.82, 2.24) is 4.90 Å². The maximum Gasteiger partial charge on any atom is 0.416 e. The average Bonchev–Trinajstić information content (AvgIpc) is 3.16. The molecule has 3 rings (SSSR count). The Kier molecular flexibility index (Phi) is 5.83. The lowest BCUT2D eigenvalue weighted by molar-refractivity contribution is -0.145. The molecule has 7 nitrogen and oxygen atoms in total. The Morgan fingerprint density at radius 3 is 2.63 bits per heavy atom. The van der Waals surface area contributed by atoms with Gasteiger partial charge in [0.05, 0.1) is 30.8 Å². The number of benzene rings is 1. The number of rotatable bonds is 6. The van der Waals surface area contributed by atoms with Gasteiger partial charge in [0.15, 0.2) is 5.79 Å². The Morgan fingerprint density at radius 1 is 1.30 bits per heavy atom. The summed E-state index contributed by atoms with van der Waals surface area (Å²) >= 11 is 0. The molecule has 4 atom stereocenters. The topological polar surface area (TPSA) is 85.3 Å². The third kappa shape index (κ3) is 4.66. The maximum atomic E-state index is 12.9. The minimum atomic E-state index is -0.939. The summed E-state index contributed by atoms with van der Waals surface area (Å²) in [4.78, 5) is 26.2. The molecular weight excluding hydrogens is 350 g/mol. The molecule has 2 fully saturated rings. The van der Waals surface area contributed by atoms with Gasteiger partial charge in [-0.3, -0.25) is 4.79 Å². The fourth-order valence-electron chi connectivity index (χ4n) is 3.50. The lowest BCUT2D eigenvalue weighted by Crippen LogP contribution is -2.46. The normalized spacial score (nSPS) is 26.7. The third-order valence-corrected chi connectivity index (χ3v) is 5.05. The molecule has 0 radical (unpaired) electrons. The zero-order valence-corrected chi connectivity index (χ0v) is 16.0. The van der Waals surface area contributed by atoms with Crippen molar-refractivity contribution >= 4 is 12.0 Å². The molecule has 0 aliphatic carbocycles. The molecule has 27 heavy (non-hydrogen) atoms. The summed E-state index contributed by atoms with van der Waals surface area (Å²) < 4.78 is 16.3. The van der Waals surface area contributed by atoms with Crippen LogP contribution in [0.1, 0.15) is 32.8 Å². The zero-order chi connectivity index (χ0) is 19.6. The molecule has 1 N–H and O–H groups in total. The second kappa shape index (κ2) is 7.96. The molecule has 1 unspecified atom stereocenters. The number of amides is 2. The van der Waals surface area contributed by atoms with Crippen LogP contribution in [-0.2, 0) is 25.4 Å². The minimum Gasteiger partial charge on any atom is -0.447 e. The van der Waals surface area contributed by atoms with Crippen LogP contribution in [0.4, 0.5) is 4.79 Å². The Labute approximate surface area is 159 Å². The molecule has 2 aliphatic heterocycles. The molecule has 2 heterocycles. The fraction of sp³-hybridized carbons (Fsp3) is 0.600. The van der Waals surface area contributed by atoms with Crippen LogP contribution in [0, 0.1) is 5.92 Å². The van der Waals surface area contributed by atoms with E-state index in [2.05, 4.69) is 0 Å². The van der Waals surface area contributed by atoms with Gasteiger partial charge >= 0.3 is 6.09 Å². The largest absolute Gasteiger partial charge is 0.447 e. The van der Waals surface area contributed by atoms with Gasteiger partial charge in [-0.05, 0) is 25.8 Å². The molecule has 2 saturated heterocycles. The summed E-state index contributed by atoms with van der Waals surface area (Å²) in [5.41, 5.74) is 1.02. The zero-order valence-electron chi connectivity index (χ0n) is 16.0. The number of carbonyl (C=O) groups is 2. The summed E-state index contributed by atoms with van der Waals surface area (Å²) in [7, 11) is 0. The van der Waals surface area contributed by atoms with E-state index in [1.807, 2.05) is 44.2 Å². The smallest absolute Gasteiger partial charge is 0.416 e. The summed E-state index contributed by atoms with van der Waals surface area (Å²) in [6.07, 6.45) is -1.08. The van der Waals surface area contributed by atoms with Gasteiger partial charge < -0.3 is 19.3 Å². The molecule has 0 saturated carbocycles. The summed E-state index contributed by atoms with van der Waals surface area (Å²) in [5, 5.41) is 10.5. The number of aliphatic hydroxyl groups excluding tert-OH is 1. The average molecular weight is 377 g/mol. The van der Waals surface area contributed by atoms with Crippen molar-refractivity contribution in [1.29, 1.82) is 0 Å². The lowest BCUT2D eigenvalue weighted by atomic mass is 9.96. The monoisotopic (exact) mass is 377 g/mol. The molecule has 1 aromatic carbocycles. The highest BCUT2D eigenvalue weighted by Gasteiger charge is 2.42. The number of aliphatic hydroxyl groups is 1. The third-order valence-electron chi connectivity index (χ3n) is 5.05. The van der Waals surface area contributed by atoms with Crippen molar-refractivity contribution in [3.05, 3.63) is 35.9 Å². The number of carbonyl (C=O) groups excluding carboxylic acids is 2. The van der Waals surface area contributed by atoms with Crippen LogP contribution in [0.2, 0.25) is 0 Å². The molecule has 148 valence electrons. The van der Waals surface area contributed by atoms with E-state index >= 15 is 0 Å². The van der Waals surface area contributed by atoms with E-state index in [-0.39, 0.29) is 25.2 Å². The first-order valence-electron chi connectivity index (χ1n) is 9.30. The van der Waals surface area contributed by atoms with Crippen LogP contribution in [0.25, 0.3) is 0 Å². The van der Waals surface area contributed by atoms with Gasteiger partial charge in [-0.2, -0.15) is 0 Å². The van der Waals surface area contributed by atoms with E-state index < -0.39 is 29.8 Å². The van der Waals surface area contributed by atoms with Gasteiger partial charge in [0.1, 0.15) is 6.61 Å². The highest BCUT2D eigenvalue weighted by molar-refractivity contribution is 5.94. The summed E-state index contributed by atoms with van der Waals surface area (Å²) in [5.74, 6) is -1.86. The highest BCUT2D eigenvalue weighted by Crippen LogP contribution is 2.27. The second-order valence-electron chi connectivity index (χ2n) is 7.67. The van der Waals surface area contributed by atoms with Crippen LogP contribution in [0.3, 0.4) is 0 Å². The molecule has 0 aromatic heterocycles. The van der Waals surface area contributed by atoms with Crippen LogP contribution in [0.15, 0.2) is 30.3 Å². The minimum absolute atomic E-state index is 0.163. The molecule has 0 spiro atoms. The number of nitrogens with zero attached hydrogens (tertiary/aromatic N) is 1. The summed E-state index contributed by atoms with van der Waals surface area (Å²) in [6.45, 7) is 5.77. The van der Waals surface area contributed by atoms with Crippen molar-refractivity contribution in [2.45, 2.75) is 57.6 Å². The predicted octanol–water partition coefficient (Wildman–Crippen LogP) is 2.12. The Hall–Kier alpha value is -1.96. The van der Waals surface area contributed by atoms with E-state index in [0.717, 1.165) is 10.5 Å². The number of ether oxygens (including phenoxy) is 3. The first kappa shape index (κ1) is 19.8. The SMILES string of the molecule is C[C@@H](C(=O)N1C(=O)OC[C@H]1Cc1ccccc1)[C@@H](O)CC1COC(C)(C)O1. The first-order chi connectivity index (χ1) is 12.8. The lowest BCUT2D eigenvalue weighted by Gasteiger charge is -2.26.